The van der Waals surface area contributed by atoms with Gasteiger partial charge in [0.1, 0.15) is 26.6 Å². The van der Waals surface area contributed by atoms with E-state index in [4.69, 9.17) is 20.2 Å². The summed E-state index contributed by atoms with van der Waals surface area (Å²) < 4.78 is 11.1. The molecular formula is C27H35N7O4S. The zero-order chi connectivity index (χ0) is 27.9. The van der Waals surface area contributed by atoms with Crippen molar-refractivity contribution in [3.63, 3.8) is 0 Å². The minimum absolute atomic E-state index is 0.0167. The molecule has 1 aliphatic carbocycles. The maximum absolute atomic E-state index is 13.1. The van der Waals surface area contributed by atoms with Crippen molar-refractivity contribution in [3.8, 4) is 0 Å². The SMILES string of the molecule is CO[C@H]1CN(c2ccc3c(n2)CCC(NC(=O)c2sc4nc(C)cnc4c2N)C3)C[C@@H]1NC(=O)OC(C)(C)C. The third-order valence-electron chi connectivity index (χ3n) is 6.95. The number of carbonyl (C=O) groups excluding carboxylic acids is 2. The van der Waals surface area contributed by atoms with Crippen LogP contribution in [0, 0.1) is 6.92 Å². The molecule has 12 heteroatoms. The van der Waals surface area contributed by atoms with Gasteiger partial charge in [0, 0.05) is 38.1 Å². The van der Waals surface area contributed by atoms with Gasteiger partial charge in [0.15, 0.2) is 0 Å². The first-order chi connectivity index (χ1) is 18.5. The first kappa shape index (κ1) is 27.1. The topological polar surface area (TPSA) is 145 Å². The maximum atomic E-state index is 13.1. The molecule has 1 fully saturated rings. The normalized spacial score (nSPS) is 21.1. The molecule has 11 nitrogen and oxygen atoms in total. The summed E-state index contributed by atoms with van der Waals surface area (Å²) in [5.74, 6) is 0.652. The van der Waals surface area contributed by atoms with Gasteiger partial charge in [0.25, 0.3) is 5.91 Å². The number of anilines is 2. The van der Waals surface area contributed by atoms with E-state index in [0.717, 1.165) is 35.6 Å². The maximum Gasteiger partial charge on any atom is 0.408 e. The highest BCUT2D eigenvalue weighted by Gasteiger charge is 2.36. The minimum Gasteiger partial charge on any atom is -0.444 e. The Hall–Kier alpha value is -3.51. The molecule has 3 aromatic rings. The fraction of sp³-hybridized carbons (Fsp3) is 0.519. The lowest BCUT2D eigenvalue weighted by Crippen LogP contribution is -2.45. The van der Waals surface area contributed by atoms with E-state index in [0.29, 0.717) is 40.4 Å². The Morgan fingerprint density at radius 3 is 2.72 bits per heavy atom. The van der Waals surface area contributed by atoms with Crippen LogP contribution in [-0.2, 0) is 22.3 Å². The first-order valence-corrected chi connectivity index (χ1v) is 13.9. The highest BCUT2D eigenvalue weighted by Crippen LogP contribution is 2.32. The lowest BCUT2D eigenvalue weighted by Gasteiger charge is -2.26. The second-order valence-electron chi connectivity index (χ2n) is 11.1. The van der Waals surface area contributed by atoms with E-state index in [1.807, 2.05) is 33.8 Å². The number of methoxy groups -OCH3 is 1. The number of thiophene rings is 1. The first-order valence-electron chi connectivity index (χ1n) is 13.1. The van der Waals surface area contributed by atoms with Crippen LogP contribution in [0.15, 0.2) is 18.3 Å². The summed E-state index contributed by atoms with van der Waals surface area (Å²) in [5.41, 5.74) is 9.53. The number of nitrogens with one attached hydrogen (secondary N) is 2. The minimum atomic E-state index is -0.569. The number of carbonyl (C=O) groups is 2. The van der Waals surface area contributed by atoms with Crippen molar-refractivity contribution < 1.29 is 19.1 Å². The van der Waals surface area contributed by atoms with E-state index in [-0.39, 0.29) is 24.1 Å². The third-order valence-corrected chi connectivity index (χ3v) is 8.03. The summed E-state index contributed by atoms with van der Waals surface area (Å²) in [6, 6.07) is 3.85. The molecule has 0 aromatic carbocycles. The number of aryl methyl sites for hydroxylation is 2. The quantitative estimate of drug-likeness (QED) is 0.434. The van der Waals surface area contributed by atoms with Gasteiger partial charge in [-0.3, -0.25) is 4.79 Å². The largest absolute Gasteiger partial charge is 0.444 e. The van der Waals surface area contributed by atoms with Crippen molar-refractivity contribution in [2.45, 2.75) is 70.7 Å². The second kappa shape index (κ2) is 10.6. The van der Waals surface area contributed by atoms with E-state index in [2.05, 4.69) is 31.6 Å². The molecule has 0 spiro atoms. The summed E-state index contributed by atoms with van der Waals surface area (Å²) in [5, 5.41) is 6.08. The van der Waals surface area contributed by atoms with Gasteiger partial charge in [-0.2, -0.15) is 0 Å². The van der Waals surface area contributed by atoms with Crippen LogP contribution < -0.4 is 21.3 Å². The Morgan fingerprint density at radius 1 is 1.18 bits per heavy atom. The van der Waals surface area contributed by atoms with Gasteiger partial charge < -0.3 is 30.7 Å². The Bertz CT molecular complexity index is 1400. The van der Waals surface area contributed by atoms with Gasteiger partial charge in [0.05, 0.1) is 23.5 Å². The third kappa shape index (κ3) is 5.91. The molecule has 2 aliphatic rings. The average molecular weight is 554 g/mol. The van der Waals surface area contributed by atoms with Gasteiger partial charge >= 0.3 is 6.09 Å². The standard InChI is InChI=1S/C27H35N7O4S/c1-14-11-29-22-21(28)23(39-25(22)30-14)24(35)31-16-7-8-17-15(10-16)6-9-20(32-17)34-12-18(19(13-34)37-5)33-26(36)38-27(2,3)4/h6,9,11,16,18-19H,7-8,10,12-13,28H2,1-5H3,(H,31,35)(H,33,36)/t16?,18-,19-/m0/s1. The predicted molar refractivity (Wildman–Crippen MR) is 150 cm³/mol. The zero-order valence-corrected chi connectivity index (χ0v) is 23.7. The highest BCUT2D eigenvalue weighted by atomic mass is 32.1. The molecule has 1 aliphatic heterocycles. The number of hydrogen-bond donors (Lipinski definition) is 3. The molecule has 0 saturated carbocycles. The van der Waals surface area contributed by atoms with Crippen LogP contribution in [0.5, 0.6) is 0 Å². The van der Waals surface area contributed by atoms with Crippen LogP contribution >= 0.6 is 11.3 Å². The lowest BCUT2D eigenvalue weighted by molar-refractivity contribution is 0.0417. The smallest absolute Gasteiger partial charge is 0.408 e. The van der Waals surface area contributed by atoms with Crippen LogP contribution in [0.25, 0.3) is 10.3 Å². The van der Waals surface area contributed by atoms with Gasteiger partial charge in [-0.1, -0.05) is 6.07 Å². The number of amides is 2. The number of rotatable bonds is 5. The van der Waals surface area contributed by atoms with Crippen LogP contribution in [-0.4, -0.2) is 70.9 Å². The molecule has 208 valence electrons. The summed E-state index contributed by atoms with van der Waals surface area (Å²) in [6.07, 6.45) is 3.24. The average Bonchev–Trinajstić information content (AvgIpc) is 3.42. The van der Waals surface area contributed by atoms with E-state index < -0.39 is 11.7 Å². The number of aromatic nitrogens is 3. The molecular weight excluding hydrogens is 518 g/mol. The summed E-state index contributed by atoms with van der Waals surface area (Å²) in [7, 11) is 1.65. The molecule has 1 saturated heterocycles. The van der Waals surface area contributed by atoms with E-state index in [1.54, 1.807) is 13.3 Å². The number of ether oxygens (including phenoxy) is 2. The van der Waals surface area contributed by atoms with Crippen LogP contribution in [0.1, 0.15) is 53.8 Å². The fourth-order valence-corrected chi connectivity index (χ4v) is 6.09. The lowest BCUT2D eigenvalue weighted by atomic mass is 9.91. The van der Waals surface area contributed by atoms with Crippen LogP contribution in [0.2, 0.25) is 0 Å². The Labute approximate surface area is 231 Å². The molecule has 4 N–H and O–H groups in total. The van der Waals surface area contributed by atoms with Crippen molar-refractivity contribution in [3.05, 3.63) is 40.2 Å². The van der Waals surface area contributed by atoms with E-state index in [1.165, 1.54) is 11.3 Å². The number of alkyl carbamates (subject to hydrolysis) is 1. The van der Waals surface area contributed by atoms with E-state index >= 15 is 0 Å². The fourth-order valence-electron chi connectivity index (χ4n) is 5.09. The van der Waals surface area contributed by atoms with Crippen molar-refractivity contribution in [1.29, 1.82) is 0 Å². The van der Waals surface area contributed by atoms with Crippen molar-refractivity contribution in [2.24, 2.45) is 0 Å². The van der Waals surface area contributed by atoms with Gasteiger partial charge in [-0.05, 0) is 58.6 Å². The van der Waals surface area contributed by atoms with E-state index in [9.17, 15) is 9.59 Å². The number of hydrogen-bond acceptors (Lipinski definition) is 10. The van der Waals surface area contributed by atoms with Gasteiger partial charge in [0.2, 0.25) is 0 Å². The molecule has 3 aromatic heterocycles. The number of nitrogens with zero attached hydrogens (tertiary/aromatic N) is 4. The highest BCUT2D eigenvalue weighted by molar-refractivity contribution is 7.21. The van der Waals surface area contributed by atoms with Crippen LogP contribution in [0.3, 0.4) is 0 Å². The molecule has 1 unspecified atom stereocenters. The summed E-state index contributed by atoms with van der Waals surface area (Å²) >= 11 is 1.27. The zero-order valence-electron chi connectivity index (χ0n) is 22.9. The predicted octanol–water partition coefficient (Wildman–Crippen LogP) is 2.99. The Balaban J connectivity index is 1.22. The number of nitrogen functional groups attached to an aromatic ring is 1. The Morgan fingerprint density at radius 2 is 1.97 bits per heavy atom. The number of fused-ring (bicyclic) bond motifs is 2. The van der Waals surface area contributed by atoms with Crippen molar-refractivity contribution in [1.82, 2.24) is 25.6 Å². The summed E-state index contributed by atoms with van der Waals surface area (Å²) in [4.78, 5) is 42.4. The van der Waals surface area contributed by atoms with Crippen molar-refractivity contribution >= 4 is 45.2 Å². The number of pyridine rings is 1. The molecule has 3 atom stereocenters. The molecule has 0 bridgehead atoms. The van der Waals surface area contributed by atoms with Gasteiger partial charge in [-0.15, -0.1) is 11.3 Å². The molecule has 2 amide bonds. The molecule has 4 heterocycles. The molecule has 5 rings (SSSR count). The number of nitrogens with two attached hydrogens (primary N) is 1. The molecule has 0 radical (unpaired) electrons. The summed E-state index contributed by atoms with van der Waals surface area (Å²) in [6.45, 7) is 8.56. The monoisotopic (exact) mass is 553 g/mol. The second-order valence-corrected chi connectivity index (χ2v) is 12.1. The molecule has 39 heavy (non-hydrogen) atoms. The van der Waals surface area contributed by atoms with Crippen LogP contribution in [0.4, 0.5) is 16.3 Å². The Kier molecular flexibility index (Phi) is 7.34. The van der Waals surface area contributed by atoms with Gasteiger partial charge in [-0.25, -0.2) is 19.7 Å². The van der Waals surface area contributed by atoms with Crippen molar-refractivity contribution in [2.75, 3.05) is 30.8 Å².